The van der Waals surface area contributed by atoms with Gasteiger partial charge in [0, 0.05) is 36.6 Å². The molecule has 0 bridgehead atoms. The number of ketones is 1. The van der Waals surface area contributed by atoms with E-state index >= 15 is 0 Å². The molecule has 0 aliphatic carbocycles. The highest BCUT2D eigenvalue weighted by atomic mass is 35.5. The minimum absolute atomic E-state index is 0.133. The van der Waals surface area contributed by atoms with Crippen molar-refractivity contribution in [2.24, 2.45) is 5.16 Å². The highest BCUT2D eigenvalue weighted by molar-refractivity contribution is 6.17. The molecule has 0 saturated heterocycles. The lowest BCUT2D eigenvalue weighted by Crippen LogP contribution is -2.23. The first-order valence-corrected chi connectivity index (χ1v) is 7.32. The van der Waals surface area contributed by atoms with Crippen LogP contribution in [0.25, 0.3) is 0 Å². The summed E-state index contributed by atoms with van der Waals surface area (Å²) in [6, 6.07) is 4.02. The van der Waals surface area contributed by atoms with Crippen LogP contribution in [0.15, 0.2) is 17.3 Å². The molecule has 0 saturated carbocycles. The number of Topliss-reactive ketones (excluding diaryl/α,β-unsaturated/α-hetero) is 1. The van der Waals surface area contributed by atoms with E-state index in [1.807, 2.05) is 6.07 Å². The Bertz CT molecular complexity index is 529. The van der Waals surface area contributed by atoms with Gasteiger partial charge >= 0.3 is 0 Å². The molecule has 1 heterocycles. The summed E-state index contributed by atoms with van der Waals surface area (Å²) in [5.41, 5.74) is 4.17. The van der Waals surface area contributed by atoms with Gasteiger partial charge in [-0.25, -0.2) is 0 Å². The Hall–Kier alpha value is -1.55. The number of carbonyl (C=O) groups is 1. The van der Waals surface area contributed by atoms with Crippen LogP contribution in [-0.2, 0) is 17.6 Å². The van der Waals surface area contributed by atoms with Gasteiger partial charge in [-0.3, -0.25) is 4.79 Å². The zero-order chi connectivity index (χ0) is 14.5. The number of nitrogens with zero attached hydrogens (tertiary/aromatic N) is 2. The summed E-state index contributed by atoms with van der Waals surface area (Å²) in [6.07, 6.45) is 3.74. The lowest BCUT2D eigenvalue weighted by atomic mass is 10.00. The monoisotopic (exact) mass is 294 g/mol. The number of hydrogen-bond donors (Lipinski definition) is 1. The molecule has 0 radical (unpaired) electrons. The standard InChI is InChI=1S/C15H19ClN2O2/c1-11(19)7-12-8-13-3-6-18(5-2-4-16)15(13)14(9-12)10-17-20/h8-10,20H,2-7H2,1H3. The number of carbonyl (C=O) groups excluding carboxylic acids is 1. The topological polar surface area (TPSA) is 52.9 Å². The van der Waals surface area contributed by atoms with E-state index in [9.17, 15) is 4.79 Å². The second-order valence-corrected chi connectivity index (χ2v) is 5.47. The summed E-state index contributed by atoms with van der Waals surface area (Å²) in [7, 11) is 0. The molecule has 0 unspecified atom stereocenters. The van der Waals surface area contributed by atoms with Gasteiger partial charge in [0.2, 0.25) is 0 Å². The number of halogens is 1. The van der Waals surface area contributed by atoms with Crippen LogP contribution in [0.2, 0.25) is 0 Å². The summed E-state index contributed by atoms with van der Waals surface area (Å²) in [5.74, 6) is 0.770. The normalized spacial score (nSPS) is 14.0. The van der Waals surface area contributed by atoms with Crippen molar-refractivity contribution >= 4 is 29.3 Å². The molecule has 108 valence electrons. The third-order valence-electron chi connectivity index (χ3n) is 3.46. The molecule has 0 amide bonds. The van der Waals surface area contributed by atoms with Crippen LogP contribution in [0.1, 0.15) is 30.0 Å². The Morgan fingerprint density at radius 1 is 1.55 bits per heavy atom. The molecule has 2 rings (SSSR count). The van der Waals surface area contributed by atoms with Crippen molar-refractivity contribution in [3.8, 4) is 0 Å². The Balaban J connectivity index is 2.36. The molecule has 0 spiro atoms. The maximum Gasteiger partial charge on any atom is 0.134 e. The maximum atomic E-state index is 11.3. The highest BCUT2D eigenvalue weighted by Crippen LogP contribution is 2.32. The van der Waals surface area contributed by atoms with Crippen molar-refractivity contribution in [2.75, 3.05) is 23.9 Å². The van der Waals surface area contributed by atoms with Crippen molar-refractivity contribution in [3.63, 3.8) is 0 Å². The smallest absolute Gasteiger partial charge is 0.134 e. The van der Waals surface area contributed by atoms with Gasteiger partial charge in [0.1, 0.15) is 5.78 Å². The number of anilines is 1. The fraction of sp³-hybridized carbons (Fsp3) is 0.467. The molecule has 0 aromatic heterocycles. The number of alkyl halides is 1. The van der Waals surface area contributed by atoms with Crippen LogP contribution in [0.5, 0.6) is 0 Å². The molecule has 1 aliphatic heterocycles. The number of oxime groups is 1. The summed E-state index contributed by atoms with van der Waals surface area (Å²) in [5, 5.41) is 12.0. The lowest BCUT2D eigenvalue weighted by molar-refractivity contribution is -0.116. The largest absolute Gasteiger partial charge is 0.411 e. The second-order valence-electron chi connectivity index (χ2n) is 5.10. The lowest BCUT2D eigenvalue weighted by Gasteiger charge is -2.21. The van der Waals surface area contributed by atoms with Gasteiger partial charge < -0.3 is 10.1 Å². The van der Waals surface area contributed by atoms with Crippen LogP contribution in [-0.4, -0.2) is 36.2 Å². The number of rotatable bonds is 6. The van der Waals surface area contributed by atoms with Gasteiger partial charge in [0.25, 0.3) is 0 Å². The average molecular weight is 295 g/mol. The first-order chi connectivity index (χ1) is 9.65. The minimum Gasteiger partial charge on any atom is -0.411 e. The predicted molar refractivity (Wildman–Crippen MR) is 81.5 cm³/mol. The molecule has 1 aromatic rings. The van der Waals surface area contributed by atoms with E-state index in [2.05, 4.69) is 16.1 Å². The summed E-state index contributed by atoms with van der Waals surface area (Å²) >= 11 is 5.76. The van der Waals surface area contributed by atoms with Crippen LogP contribution in [0.3, 0.4) is 0 Å². The summed E-state index contributed by atoms with van der Waals surface area (Å²) in [4.78, 5) is 13.6. The molecule has 0 atom stereocenters. The summed E-state index contributed by atoms with van der Waals surface area (Å²) < 4.78 is 0. The molecule has 1 aromatic carbocycles. The fourth-order valence-electron chi connectivity index (χ4n) is 2.76. The predicted octanol–water partition coefficient (Wildman–Crippen LogP) is 2.62. The molecule has 4 nitrogen and oxygen atoms in total. The van der Waals surface area contributed by atoms with Crippen LogP contribution >= 0.6 is 11.6 Å². The SMILES string of the molecule is CC(=O)Cc1cc(C=NO)c2c(c1)CCN2CCCCl. The third kappa shape index (κ3) is 3.31. The first-order valence-electron chi connectivity index (χ1n) is 6.79. The zero-order valence-electron chi connectivity index (χ0n) is 11.6. The van der Waals surface area contributed by atoms with Gasteiger partial charge in [-0.15, -0.1) is 11.6 Å². The summed E-state index contributed by atoms with van der Waals surface area (Å²) in [6.45, 7) is 3.43. The van der Waals surface area contributed by atoms with Crippen molar-refractivity contribution in [2.45, 2.75) is 26.2 Å². The van der Waals surface area contributed by atoms with E-state index in [-0.39, 0.29) is 5.78 Å². The van der Waals surface area contributed by atoms with E-state index in [1.165, 1.54) is 11.8 Å². The van der Waals surface area contributed by atoms with Gasteiger partial charge in [0.15, 0.2) is 0 Å². The van der Waals surface area contributed by atoms with E-state index in [0.29, 0.717) is 12.3 Å². The number of benzene rings is 1. The van der Waals surface area contributed by atoms with Crippen molar-refractivity contribution in [1.82, 2.24) is 0 Å². The number of fused-ring (bicyclic) bond motifs is 1. The zero-order valence-corrected chi connectivity index (χ0v) is 12.4. The quantitative estimate of drug-likeness (QED) is 0.380. The van der Waals surface area contributed by atoms with Crippen LogP contribution < -0.4 is 4.90 Å². The van der Waals surface area contributed by atoms with E-state index < -0.39 is 0 Å². The highest BCUT2D eigenvalue weighted by Gasteiger charge is 2.22. The second kappa shape index (κ2) is 6.75. The molecule has 0 fully saturated rings. The van der Waals surface area contributed by atoms with Gasteiger partial charge in [-0.05, 0) is 37.0 Å². The Labute approximate surface area is 124 Å². The van der Waals surface area contributed by atoms with Crippen LogP contribution in [0, 0.1) is 0 Å². The number of hydrogen-bond acceptors (Lipinski definition) is 4. The van der Waals surface area contributed by atoms with E-state index in [1.54, 1.807) is 6.92 Å². The molecule has 1 N–H and O–H groups in total. The molecular weight excluding hydrogens is 276 g/mol. The van der Waals surface area contributed by atoms with Gasteiger partial charge in [-0.2, -0.15) is 0 Å². The molecule has 5 heteroatoms. The fourth-order valence-corrected chi connectivity index (χ4v) is 2.87. The van der Waals surface area contributed by atoms with Crippen LogP contribution in [0.4, 0.5) is 5.69 Å². The van der Waals surface area contributed by atoms with E-state index in [4.69, 9.17) is 16.8 Å². The molecular formula is C15H19ClN2O2. The Kier molecular flexibility index (Phi) is 5.01. The van der Waals surface area contributed by atoms with E-state index in [0.717, 1.165) is 42.7 Å². The van der Waals surface area contributed by atoms with Crippen molar-refractivity contribution < 1.29 is 10.0 Å². The van der Waals surface area contributed by atoms with Crippen molar-refractivity contribution in [1.29, 1.82) is 0 Å². The Morgan fingerprint density at radius 2 is 2.35 bits per heavy atom. The maximum absolute atomic E-state index is 11.3. The van der Waals surface area contributed by atoms with Gasteiger partial charge in [0.05, 0.1) is 6.21 Å². The van der Waals surface area contributed by atoms with Crippen molar-refractivity contribution in [3.05, 3.63) is 28.8 Å². The minimum atomic E-state index is 0.133. The van der Waals surface area contributed by atoms with Gasteiger partial charge in [-0.1, -0.05) is 11.2 Å². The third-order valence-corrected chi connectivity index (χ3v) is 3.72. The molecule has 20 heavy (non-hydrogen) atoms. The average Bonchev–Trinajstić information content (AvgIpc) is 2.79. The molecule has 1 aliphatic rings. The first kappa shape index (κ1) is 14.9. The Morgan fingerprint density at radius 3 is 3.00 bits per heavy atom.